The van der Waals surface area contributed by atoms with Crippen LogP contribution in [0, 0.1) is 0 Å². The number of hydrogen-bond donors (Lipinski definition) is 1. The molecule has 0 heterocycles. The Hall–Kier alpha value is -1.32. The van der Waals surface area contributed by atoms with E-state index in [1.807, 2.05) is 25.2 Å². The molecular weight excluding hydrogens is 290 g/mol. The van der Waals surface area contributed by atoms with Crippen molar-refractivity contribution in [3.63, 3.8) is 0 Å². The Morgan fingerprint density at radius 1 is 1.17 bits per heavy atom. The quantitative estimate of drug-likeness (QED) is 0.926. The van der Waals surface area contributed by atoms with E-state index in [0.717, 1.165) is 16.8 Å². The van der Waals surface area contributed by atoms with E-state index >= 15 is 0 Å². The van der Waals surface area contributed by atoms with Crippen LogP contribution in [-0.4, -0.2) is 14.2 Å². The summed E-state index contributed by atoms with van der Waals surface area (Å²) >= 11 is 3.51. The van der Waals surface area contributed by atoms with E-state index in [4.69, 9.17) is 4.74 Å². The number of benzene rings is 2. The van der Waals surface area contributed by atoms with Crippen molar-refractivity contribution < 1.29 is 4.74 Å². The van der Waals surface area contributed by atoms with Gasteiger partial charge in [0.25, 0.3) is 0 Å². The summed E-state index contributed by atoms with van der Waals surface area (Å²) < 4.78 is 6.37. The first kappa shape index (κ1) is 13.1. The Labute approximate surface area is 116 Å². The van der Waals surface area contributed by atoms with Gasteiger partial charge in [-0.1, -0.05) is 34.1 Å². The zero-order valence-electron chi connectivity index (χ0n) is 10.5. The summed E-state index contributed by atoms with van der Waals surface area (Å²) in [6.45, 7) is 0.818. The number of ether oxygens (including phenoxy) is 1. The smallest absolute Gasteiger partial charge is 0.119 e. The normalized spacial score (nSPS) is 10.4. The fourth-order valence-corrected chi connectivity index (χ4v) is 2.37. The number of halogens is 1. The highest BCUT2D eigenvalue weighted by molar-refractivity contribution is 9.10. The highest BCUT2D eigenvalue weighted by atomic mass is 79.9. The minimum Gasteiger partial charge on any atom is -0.497 e. The van der Waals surface area contributed by atoms with Crippen LogP contribution in [0.1, 0.15) is 5.56 Å². The predicted octanol–water partition coefficient (Wildman–Crippen LogP) is 3.84. The highest BCUT2D eigenvalue weighted by Crippen LogP contribution is 2.29. The maximum Gasteiger partial charge on any atom is 0.119 e. The van der Waals surface area contributed by atoms with Crippen LogP contribution in [0.4, 0.5) is 0 Å². The van der Waals surface area contributed by atoms with Gasteiger partial charge in [-0.25, -0.2) is 0 Å². The summed E-state index contributed by atoms with van der Waals surface area (Å²) in [4.78, 5) is 0. The fraction of sp³-hybridized carbons (Fsp3) is 0.200. The van der Waals surface area contributed by atoms with E-state index < -0.39 is 0 Å². The van der Waals surface area contributed by atoms with Gasteiger partial charge in [-0.2, -0.15) is 0 Å². The monoisotopic (exact) mass is 305 g/mol. The van der Waals surface area contributed by atoms with E-state index in [0.29, 0.717) is 0 Å². The van der Waals surface area contributed by atoms with Crippen LogP contribution in [0.25, 0.3) is 11.1 Å². The van der Waals surface area contributed by atoms with Crippen molar-refractivity contribution in [3.8, 4) is 16.9 Å². The van der Waals surface area contributed by atoms with Gasteiger partial charge in [0.2, 0.25) is 0 Å². The third-order valence-electron chi connectivity index (χ3n) is 2.82. The van der Waals surface area contributed by atoms with Crippen LogP contribution in [-0.2, 0) is 6.54 Å². The summed E-state index contributed by atoms with van der Waals surface area (Å²) in [6.07, 6.45) is 0. The Balaban J connectivity index is 2.49. The first-order valence-electron chi connectivity index (χ1n) is 5.82. The van der Waals surface area contributed by atoms with Gasteiger partial charge >= 0.3 is 0 Å². The lowest BCUT2D eigenvalue weighted by atomic mass is 9.99. The van der Waals surface area contributed by atoms with Crippen LogP contribution in [0.15, 0.2) is 46.9 Å². The molecule has 0 spiro atoms. The average Bonchev–Trinajstić information content (AvgIpc) is 2.39. The Kier molecular flexibility index (Phi) is 4.39. The molecular formula is C15H16BrNO. The third kappa shape index (κ3) is 2.92. The van der Waals surface area contributed by atoms with Gasteiger partial charge in [0.15, 0.2) is 0 Å². The van der Waals surface area contributed by atoms with Gasteiger partial charge in [-0.3, -0.25) is 0 Å². The van der Waals surface area contributed by atoms with Gasteiger partial charge in [0.05, 0.1) is 7.11 Å². The Morgan fingerprint density at radius 2 is 2.00 bits per heavy atom. The van der Waals surface area contributed by atoms with Crippen LogP contribution in [0.5, 0.6) is 5.75 Å². The van der Waals surface area contributed by atoms with Crippen molar-refractivity contribution in [1.29, 1.82) is 0 Å². The molecule has 0 saturated carbocycles. The molecule has 0 saturated heterocycles. The molecule has 2 nitrogen and oxygen atoms in total. The first-order chi connectivity index (χ1) is 8.74. The zero-order valence-corrected chi connectivity index (χ0v) is 12.1. The molecule has 0 fully saturated rings. The third-order valence-corrected chi connectivity index (χ3v) is 3.31. The molecule has 2 aromatic carbocycles. The molecule has 1 N–H and O–H groups in total. The van der Waals surface area contributed by atoms with Crippen molar-refractivity contribution in [2.45, 2.75) is 6.54 Å². The van der Waals surface area contributed by atoms with Gasteiger partial charge < -0.3 is 10.1 Å². The molecule has 2 aromatic rings. The van der Waals surface area contributed by atoms with Crippen molar-refractivity contribution in [3.05, 3.63) is 52.5 Å². The molecule has 94 valence electrons. The fourth-order valence-electron chi connectivity index (χ4n) is 1.97. The number of hydrogen-bond acceptors (Lipinski definition) is 2. The summed E-state index contributed by atoms with van der Waals surface area (Å²) in [5.74, 6) is 0.888. The maximum absolute atomic E-state index is 5.28. The second-order valence-electron chi connectivity index (χ2n) is 4.06. The minimum atomic E-state index is 0.818. The molecule has 0 atom stereocenters. The Morgan fingerprint density at radius 3 is 2.67 bits per heavy atom. The molecule has 0 bridgehead atoms. The number of nitrogens with one attached hydrogen (secondary N) is 1. The molecule has 0 amide bonds. The maximum atomic E-state index is 5.28. The number of rotatable bonds is 4. The van der Waals surface area contributed by atoms with Crippen molar-refractivity contribution >= 4 is 15.9 Å². The van der Waals surface area contributed by atoms with Gasteiger partial charge in [-0.15, -0.1) is 0 Å². The molecule has 0 aromatic heterocycles. The van der Waals surface area contributed by atoms with Crippen molar-refractivity contribution in [1.82, 2.24) is 5.32 Å². The second-order valence-corrected chi connectivity index (χ2v) is 4.98. The van der Waals surface area contributed by atoms with E-state index in [1.54, 1.807) is 7.11 Å². The summed E-state index contributed by atoms with van der Waals surface area (Å²) in [6, 6.07) is 14.5. The lowest BCUT2D eigenvalue weighted by molar-refractivity contribution is 0.414. The highest BCUT2D eigenvalue weighted by Gasteiger charge is 2.06. The summed E-state index contributed by atoms with van der Waals surface area (Å²) in [5.41, 5.74) is 3.67. The largest absolute Gasteiger partial charge is 0.497 e. The van der Waals surface area contributed by atoms with E-state index in [-0.39, 0.29) is 0 Å². The first-order valence-corrected chi connectivity index (χ1v) is 6.61. The zero-order chi connectivity index (χ0) is 13.0. The SMILES string of the molecule is CNCc1cc(OC)ccc1-c1cccc(Br)c1. The van der Waals surface area contributed by atoms with Gasteiger partial charge in [0.1, 0.15) is 5.75 Å². The van der Waals surface area contributed by atoms with Crippen LogP contribution in [0.2, 0.25) is 0 Å². The topological polar surface area (TPSA) is 21.3 Å². The molecule has 2 rings (SSSR count). The number of methoxy groups -OCH3 is 1. The molecule has 0 radical (unpaired) electrons. The molecule has 0 aliphatic carbocycles. The Bertz CT molecular complexity index is 540. The van der Waals surface area contributed by atoms with Crippen LogP contribution in [0.3, 0.4) is 0 Å². The van der Waals surface area contributed by atoms with Crippen LogP contribution >= 0.6 is 15.9 Å². The van der Waals surface area contributed by atoms with Crippen LogP contribution < -0.4 is 10.1 Å². The molecule has 3 heteroatoms. The molecule has 0 aliphatic heterocycles. The summed E-state index contributed by atoms with van der Waals surface area (Å²) in [7, 11) is 3.64. The molecule has 0 aliphatic rings. The summed E-state index contributed by atoms with van der Waals surface area (Å²) in [5, 5.41) is 3.19. The van der Waals surface area contributed by atoms with Crippen molar-refractivity contribution in [2.75, 3.05) is 14.2 Å². The lowest BCUT2D eigenvalue weighted by Gasteiger charge is -2.12. The minimum absolute atomic E-state index is 0.818. The molecule has 18 heavy (non-hydrogen) atoms. The van der Waals surface area contributed by atoms with E-state index in [2.05, 4.69) is 45.5 Å². The average molecular weight is 306 g/mol. The lowest BCUT2D eigenvalue weighted by Crippen LogP contribution is -2.06. The van der Waals surface area contributed by atoms with E-state index in [1.165, 1.54) is 16.7 Å². The van der Waals surface area contributed by atoms with Gasteiger partial charge in [0, 0.05) is 11.0 Å². The van der Waals surface area contributed by atoms with Crippen molar-refractivity contribution in [2.24, 2.45) is 0 Å². The second kappa shape index (κ2) is 6.03. The van der Waals surface area contributed by atoms with Gasteiger partial charge in [-0.05, 0) is 48.0 Å². The molecule has 0 unspecified atom stereocenters. The standard InChI is InChI=1S/C15H16BrNO/c1-17-10-12-9-14(18-2)6-7-15(12)11-4-3-5-13(16)8-11/h3-9,17H,10H2,1-2H3. The predicted molar refractivity (Wildman–Crippen MR) is 78.9 cm³/mol. The van der Waals surface area contributed by atoms with E-state index in [9.17, 15) is 0 Å².